The zero-order chi connectivity index (χ0) is 8.15. The van der Waals surface area contributed by atoms with Crippen LogP contribution in [0.25, 0.3) is 0 Å². The molecule has 0 rings (SSSR count). The van der Waals surface area contributed by atoms with Gasteiger partial charge in [-0.2, -0.15) is 0 Å². The summed E-state index contributed by atoms with van der Waals surface area (Å²) >= 11 is 6.13. The molecule has 0 fully saturated rings. The maximum absolute atomic E-state index is 6.13. The normalized spacial score (nSPS) is 17.4. The van der Waals surface area contributed by atoms with Crippen LogP contribution < -0.4 is 0 Å². The highest BCUT2D eigenvalue weighted by atomic mass is 35.5. The van der Waals surface area contributed by atoms with Gasteiger partial charge in [0.1, 0.15) is 0 Å². The zero-order valence-corrected chi connectivity index (χ0v) is 8.28. The minimum atomic E-state index is 0.380. The van der Waals surface area contributed by atoms with Gasteiger partial charge in [0.25, 0.3) is 0 Å². The first kappa shape index (κ1) is 10.3. The quantitative estimate of drug-likeness (QED) is 0.554. The van der Waals surface area contributed by atoms with Crippen molar-refractivity contribution in [2.75, 3.05) is 0 Å². The summed E-state index contributed by atoms with van der Waals surface area (Å²) in [4.78, 5) is 0. The summed E-state index contributed by atoms with van der Waals surface area (Å²) in [7, 11) is 0. The average Bonchev–Trinajstić information content (AvgIpc) is 1.87. The Labute approximate surface area is 70.0 Å². The molecule has 0 aromatic carbocycles. The van der Waals surface area contributed by atoms with E-state index < -0.39 is 0 Å². The lowest BCUT2D eigenvalue weighted by Crippen LogP contribution is -2.16. The van der Waals surface area contributed by atoms with Gasteiger partial charge in [-0.15, -0.1) is 11.6 Å². The summed E-state index contributed by atoms with van der Waals surface area (Å²) < 4.78 is 0. The Morgan fingerprint density at radius 3 is 2.00 bits per heavy atom. The van der Waals surface area contributed by atoms with Crippen molar-refractivity contribution >= 4 is 11.6 Å². The fraction of sp³-hybridized carbons (Fsp3) is 1.00. The van der Waals surface area contributed by atoms with E-state index in [1.165, 1.54) is 6.42 Å². The van der Waals surface area contributed by atoms with Crippen LogP contribution in [0.5, 0.6) is 0 Å². The maximum atomic E-state index is 6.13. The second-order valence-electron chi connectivity index (χ2n) is 3.41. The lowest BCUT2D eigenvalue weighted by molar-refractivity contribution is 0.387. The van der Waals surface area contributed by atoms with Crippen LogP contribution in [0.3, 0.4) is 0 Å². The van der Waals surface area contributed by atoms with E-state index in [2.05, 4.69) is 27.7 Å². The SMILES string of the molecule is CCCC(Cl)C(C)C(C)C. The Kier molecular flexibility index (Phi) is 5.15. The van der Waals surface area contributed by atoms with Gasteiger partial charge in [-0.3, -0.25) is 0 Å². The predicted octanol–water partition coefficient (Wildman–Crippen LogP) is 3.69. The van der Waals surface area contributed by atoms with Gasteiger partial charge >= 0.3 is 0 Å². The topological polar surface area (TPSA) is 0 Å². The summed E-state index contributed by atoms with van der Waals surface area (Å²) in [6, 6.07) is 0. The van der Waals surface area contributed by atoms with Crippen molar-refractivity contribution in [2.45, 2.75) is 45.9 Å². The highest BCUT2D eigenvalue weighted by Gasteiger charge is 2.15. The number of hydrogen-bond acceptors (Lipinski definition) is 0. The molecule has 0 aliphatic rings. The van der Waals surface area contributed by atoms with Crippen molar-refractivity contribution in [1.29, 1.82) is 0 Å². The lowest BCUT2D eigenvalue weighted by atomic mass is 9.92. The van der Waals surface area contributed by atoms with Crippen LogP contribution in [-0.4, -0.2) is 5.38 Å². The smallest absolute Gasteiger partial charge is 0.0364 e. The van der Waals surface area contributed by atoms with E-state index in [-0.39, 0.29) is 0 Å². The minimum Gasteiger partial charge on any atom is -0.123 e. The van der Waals surface area contributed by atoms with Crippen LogP contribution in [0.15, 0.2) is 0 Å². The van der Waals surface area contributed by atoms with Gasteiger partial charge in [0.15, 0.2) is 0 Å². The van der Waals surface area contributed by atoms with Crippen LogP contribution in [-0.2, 0) is 0 Å². The number of rotatable bonds is 4. The molecule has 0 saturated heterocycles. The van der Waals surface area contributed by atoms with Gasteiger partial charge in [0.05, 0.1) is 0 Å². The van der Waals surface area contributed by atoms with Gasteiger partial charge in [0, 0.05) is 5.38 Å². The van der Waals surface area contributed by atoms with Gasteiger partial charge in [0.2, 0.25) is 0 Å². The molecule has 0 amide bonds. The molecule has 0 aromatic heterocycles. The van der Waals surface area contributed by atoms with E-state index >= 15 is 0 Å². The predicted molar refractivity (Wildman–Crippen MR) is 48.6 cm³/mol. The molecular weight excluding hydrogens is 144 g/mol. The first-order chi connectivity index (χ1) is 4.59. The van der Waals surface area contributed by atoms with Crippen molar-refractivity contribution in [3.05, 3.63) is 0 Å². The van der Waals surface area contributed by atoms with E-state index in [1.54, 1.807) is 0 Å². The van der Waals surface area contributed by atoms with Gasteiger partial charge in [-0.1, -0.05) is 34.1 Å². The highest BCUT2D eigenvalue weighted by Crippen LogP contribution is 2.22. The molecule has 0 heterocycles. The summed E-state index contributed by atoms with van der Waals surface area (Å²) in [5.74, 6) is 1.37. The monoisotopic (exact) mass is 162 g/mol. The zero-order valence-electron chi connectivity index (χ0n) is 7.52. The molecule has 0 aromatic rings. The Balaban J connectivity index is 3.58. The summed E-state index contributed by atoms with van der Waals surface area (Å²) in [6.07, 6.45) is 2.35. The molecular formula is C9H19Cl. The molecule has 0 radical (unpaired) electrons. The van der Waals surface area contributed by atoms with Crippen LogP contribution in [0.2, 0.25) is 0 Å². The summed E-state index contributed by atoms with van der Waals surface area (Å²) in [5, 5.41) is 0.380. The number of halogens is 1. The molecule has 0 saturated carbocycles. The summed E-state index contributed by atoms with van der Waals surface area (Å²) in [5.41, 5.74) is 0. The molecule has 2 atom stereocenters. The minimum absolute atomic E-state index is 0.380. The summed E-state index contributed by atoms with van der Waals surface area (Å²) in [6.45, 7) is 8.88. The highest BCUT2D eigenvalue weighted by molar-refractivity contribution is 6.20. The van der Waals surface area contributed by atoms with E-state index in [0.717, 1.165) is 6.42 Å². The van der Waals surface area contributed by atoms with Gasteiger partial charge < -0.3 is 0 Å². The van der Waals surface area contributed by atoms with E-state index in [0.29, 0.717) is 17.2 Å². The fourth-order valence-corrected chi connectivity index (χ4v) is 1.47. The fourth-order valence-electron chi connectivity index (χ4n) is 0.956. The van der Waals surface area contributed by atoms with Crippen molar-refractivity contribution in [1.82, 2.24) is 0 Å². The van der Waals surface area contributed by atoms with Gasteiger partial charge in [-0.05, 0) is 18.3 Å². The molecule has 1 heteroatoms. The van der Waals surface area contributed by atoms with Crippen LogP contribution in [0, 0.1) is 11.8 Å². The maximum Gasteiger partial charge on any atom is 0.0364 e. The first-order valence-corrected chi connectivity index (χ1v) is 4.67. The number of alkyl halides is 1. The molecule has 0 bridgehead atoms. The Bertz CT molecular complexity index is 78.8. The second kappa shape index (κ2) is 5.01. The first-order valence-electron chi connectivity index (χ1n) is 4.23. The molecule has 2 unspecified atom stereocenters. The molecule has 0 aliphatic carbocycles. The molecule has 0 spiro atoms. The Morgan fingerprint density at radius 2 is 1.70 bits per heavy atom. The molecule has 0 nitrogen and oxygen atoms in total. The number of hydrogen-bond donors (Lipinski definition) is 0. The molecule has 0 aliphatic heterocycles. The third kappa shape index (κ3) is 3.46. The largest absolute Gasteiger partial charge is 0.123 e. The van der Waals surface area contributed by atoms with Crippen LogP contribution in [0.4, 0.5) is 0 Å². The van der Waals surface area contributed by atoms with Crippen molar-refractivity contribution < 1.29 is 0 Å². The van der Waals surface area contributed by atoms with Crippen molar-refractivity contribution in [3.63, 3.8) is 0 Å². The van der Waals surface area contributed by atoms with Crippen molar-refractivity contribution in [2.24, 2.45) is 11.8 Å². The van der Waals surface area contributed by atoms with E-state index in [1.807, 2.05) is 0 Å². The van der Waals surface area contributed by atoms with Crippen molar-refractivity contribution in [3.8, 4) is 0 Å². The average molecular weight is 163 g/mol. The second-order valence-corrected chi connectivity index (χ2v) is 3.97. The van der Waals surface area contributed by atoms with E-state index in [4.69, 9.17) is 11.6 Å². The third-order valence-electron chi connectivity index (χ3n) is 2.19. The van der Waals surface area contributed by atoms with Gasteiger partial charge in [-0.25, -0.2) is 0 Å². The molecule has 0 N–H and O–H groups in total. The van der Waals surface area contributed by atoms with E-state index in [9.17, 15) is 0 Å². The Hall–Kier alpha value is 0.290. The molecule has 10 heavy (non-hydrogen) atoms. The third-order valence-corrected chi connectivity index (χ3v) is 2.80. The Morgan fingerprint density at radius 1 is 1.20 bits per heavy atom. The molecule has 62 valence electrons. The lowest BCUT2D eigenvalue weighted by Gasteiger charge is -2.20. The van der Waals surface area contributed by atoms with Crippen LogP contribution >= 0.6 is 11.6 Å². The standard InChI is InChI=1S/C9H19Cl/c1-5-6-9(10)8(4)7(2)3/h7-9H,5-6H2,1-4H3. The van der Waals surface area contributed by atoms with Crippen LogP contribution in [0.1, 0.15) is 40.5 Å².